The third kappa shape index (κ3) is 3.33. The van der Waals surface area contributed by atoms with E-state index in [1.54, 1.807) is 18.4 Å². The zero-order chi connectivity index (χ0) is 17.1. The Hall–Kier alpha value is -3.00. The Morgan fingerprint density at radius 2 is 2.00 bits per heavy atom. The fraction of sp³-hybridized carbons (Fsp3) is 0.250. The number of nitrogens with one attached hydrogen (secondary N) is 1. The van der Waals surface area contributed by atoms with Gasteiger partial charge in [-0.05, 0) is 31.2 Å². The number of benzene rings is 1. The summed E-state index contributed by atoms with van der Waals surface area (Å²) in [5.41, 5.74) is 0.671. The molecule has 0 amide bonds. The molecule has 2 heterocycles. The first-order valence-electron chi connectivity index (χ1n) is 7.47. The van der Waals surface area contributed by atoms with Crippen LogP contribution in [0.3, 0.4) is 0 Å². The monoisotopic (exact) mass is 329 g/mol. The number of nitro benzene ring substituents is 1. The number of hydrogen-bond acceptors (Lipinski definition) is 6. The van der Waals surface area contributed by atoms with Gasteiger partial charge >= 0.3 is 0 Å². The van der Waals surface area contributed by atoms with Crippen LogP contribution in [0, 0.1) is 10.1 Å². The molecule has 1 unspecified atom stereocenters. The summed E-state index contributed by atoms with van der Waals surface area (Å²) in [7, 11) is 2.02. The molecular weight excluding hydrogens is 312 g/mol. The van der Waals surface area contributed by atoms with Crippen molar-refractivity contribution >= 4 is 5.69 Å². The van der Waals surface area contributed by atoms with Crippen molar-refractivity contribution in [2.75, 3.05) is 7.05 Å². The first-order valence-corrected chi connectivity index (χ1v) is 7.47. The van der Waals surface area contributed by atoms with Crippen molar-refractivity contribution < 1.29 is 18.7 Å². The number of nitrogens with zero attached hydrogens (tertiary/aromatic N) is 3. The highest BCUT2D eigenvalue weighted by atomic mass is 16.6. The quantitative estimate of drug-likeness (QED) is 0.548. The predicted molar refractivity (Wildman–Crippen MR) is 84.1 cm³/mol. The van der Waals surface area contributed by atoms with Crippen LogP contribution >= 0.6 is 0 Å². The molecule has 3 aromatic rings. The van der Waals surface area contributed by atoms with E-state index >= 15 is 0 Å². The molecular formula is C16H17N4O4+. The Morgan fingerprint density at radius 1 is 1.25 bits per heavy atom. The van der Waals surface area contributed by atoms with Crippen molar-refractivity contribution in [2.45, 2.75) is 19.5 Å². The second kappa shape index (κ2) is 6.63. The Morgan fingerprint density at radius 3 is 2.62 bits per heavy atom. The van der Waals surface area contributed by atoms with Crippen LogP contribution in [0.25, 0.3) is 11.5 Å². The smallest absolute Gasteiger partial charge is 0.274 e. The lowest BCUT2D eigenvalue weighted by Gasteiger charge is -2.17. The highest BCUT2D eigenvalue weighted by Crippen LogP contribution is 2.22. The van der Waals surface area contributed by atoms with Crippen molar-refractivity contribution in [1.82, 2.24) is 10.2 Å². The van der Waals surface area contributed by atoms with E-state index in [-0.39, 0.29) is 11.7 Å². The molecule has 1 N–H and O–H groups in total. The van der Waals surface area contributed by atoms with E-state index < -0.39 is 4.92 Å². The zero-order valence-corrected chi connectivity index (χ0v) is 13.3. The highest BCUT2D eigenvalue weighted by Gasteiger charge is 2.23. The van der Waals surface area contributed by atoms with E-state index in [0.29, 0.717) is 23.9 Å². The van der Waals surface area contributed by atoms with Crippen LogP contribution in [-0.4, -0.2) is 22.2 Å². The lowest BCUT2D eigenvalue weighted by Crippen LogP contribution is -3.07. The molecule has 8 heteroatoms. The second-order valence-electron chi connectivity index (χ2n) is 5.57. The number of aromatic nitrogens is 2. The maximum Gasteiger partial charge on any atom is 0.274 e. The molecule has 0 saturated heterocycles. The molecule has 0 saturated carbocycles. The molecule has 0 spiro atoms. The molecule has 8 nitrogen and oxygen atoms in total. The summed E-state index contributed by atoms with van der Waals surface area (Å²) in [5, 5.41) is 18.8. The largest absolute Gasteiger partial charge is 0.463 e. The number of rotatable bonds is 6. The summed E-state index contributed by atoms with van der Waals surface area (Å²) in [6.07, 6.45) is 1.65. The maximum atomic E-state index is 10.7. The molecule has 0 aliphatic heterocycles. The Kier molecular flexibility index (Phi) is 4.39. The minimum atomic E-state index is -0.446. The summed E-state index contributed by atoms with van der Waals surface area (Å²) in [6.45, 7) is 2.69. The number of quaternary nitrogens is 1. The third-order valence-electron chi connectivity index (χ3n) is 3.91. The first kappa shape index (κ1) is 15.9. The van der Waals surface area contributed by atoms with E-state index in [0.717, 1.165) is 10.7 Å². The van der Waals surface area contributed by atoms with Crippen molar-refractivity contribution in [3.63, 3.8) is 0 Å². The minimum Gasteiger partial charge on any atom is -0.463 e. The summed E-state index contributed by atoms with van der Waals surface area (Å²) < 4.78 is 11.1. The van der Waals surface area contributed by atoms with Gasteiger partial charge in [-0.3, -0.25) is 10.1 Å². The number of hydrogen-bond donors (Lipinski definition) is 1. The van der Waals surface area contributed by atoms with Crippen molar-refractivity contribution in [1.29, 1.82) is 0 Å². The van der Waals surface area contributed by atoms with Crippen LogP contribution in [0.4, 0.5) is 5.69 Å². The van der Waals surface area contributed by atoms with Gasteiger partial charge in [0.2, 0.25) is 5.89 Å². The summed E-state index contributed by atoms with van der Waals surface area (Å²) >= 11 is 0. The van der Waals surface area contributed by atoms with E-state index in [1.807, 2.05) is 26.1 Å². The van der Waals surface area contributed by atoms with Crippen LogP contribution in [0.1, 0.15) is 24.6 Å². The molecule has 0 radical (unpaired) electrons. The van der Waals surface area contributed by atoms with Gasteiger partial charge in [0, 0.05) is 17.7 Å². The van der Waals surface area contributed by atoms with Gasteiger partial charge < -0.3 is 13.7 Å². The highest BCUT2D eigenvalue weighted by molar-refractivity contribution is 5.55. The van der Waals surface area contributed by atoms with E-state index in [2.05, 4.69) is 10.2 Å². The number of nitro groups is 1. The third-order valence-corrected chi connectivity index (χ3v) is 3.91. The van der Waals surface area contributed by atoms with Crippen molar-refractivity contribution in [3.8, 4) is 11.5 Å². The fourth-order valence-electron chi connectivity index (χ4n) is 2.30. The predicted octanol–water partition coefficient (Wildman–Crippen LogP) is 2.01. The normalized spacial score (nSPS) is 13.6. The average molecular weight is 329 g/mol. The van der Waals surface area contributed by atoms with Crippen molar-refractivity contribution in [3.05, 3.63) is 64.4 Å². The Bertz CT molecular complexity index is 811. The minimum absolute atomic E-state index is 0.0191. The van der Waals surface area contributed by atoms with E-state index in [9.17, 15) is 10.1 Å². The lowest BCUT2D eigenvalue weighted by atomic mass is 10.2. The fourth-order valence-corrected chi connectivity index (χ4v) is 2.30. The molecule has 0 bridgehead atoms. The van der Waals surface area contributed by atoms with Gasteiger partial charge in [-0.2, -0.15) is 0 Å². The van der Waals surface area contributed by atoms with Gasteiger partial charge in [0.25, 0.3) is 11.6 Å². The maximum absolute atomic E-state index is 10.7. The molecule has 1 aromatic carbocycles. The number of furan rings is 1. The molecule has 0 aliphatic rings. The van der Waals surface area contributed by atoms with Crippen LogP contribution in [0.2, 0.25) is 0 Å². The first-order chi connectivity index (χ1) is 11.5. The van der Waals surface area contributed by atoms with E-state index in [1.165, 1.54) is 12.1 Å². The van der Waals surface area contributed by atoms with E-state index in [4.69, 9.17) is 8.83 Å². The SMILES string of the molecule is C[C@H](c1nnc(-c2ccc([N+](=O)[O-])cc2)o1)[NH+](C)Cc1ccco1. The zero-order valence-electron chi connectivity index (χ0n) is 13.3. The van der Waals surface area contributed by atoms with Crippen LogP contribution in [-0.2, 0) is 6.54 Å². The second-order valence-corrected chi connectivity index (χ2v) is 5.57. The standard InChI is InChI=1S/C16H16N4O4/c1-11(19(2)10-14-4-3-9-23-14)15-17-18-16(24-15)12-5-7-13(8-6-12)20(21)22/h3-9,11H,10H2,1-2H3/p+1/t11-/m1/s1. The molecule has 2 atom stereocenters. The lowest BCUT2D eigenvalue weighted by molar-refractivity contribution is -0.926. The molecule has 0 aliphatic carbocycles. The molecule has 3 rings (SSSR count). The van der Waals surface area contributed by atoms with Crippen LogP contribution in [0.5, 0.6) is 0 Å². The summed E-state index contributed by atoms with van der Waals surface area (Å²) in [6, 6.07) is 9.78. The topological polar surface area (TPSA) is 99.6 Å². The Balaban J connectivity index is 1.73. The van der Waals surface area contributed by atoms with Gasteiger partial charge in [0.1, 0.15) is 6.54 Å². The molecule has 0 fully saturated rings. The molecule has 124 valence electrons. The number of non-ortho nitro benzene ring substituents is 1. The van der Waals surface area contributed by atoms with Gasteiger partial charge in [0.05, 0.1) is 18.2 Å². The van der Waals surface area contributed by atoms with Crippen molar-refractivity contribution in [2.24, 2.45) is 0 Å². The molecule has 24 heavy (non-hydrogen) atoms. The van der Waals surface area contributed by atoms with Gasteiger partial charge in [-0.1, -0.05) is 0 Å². The summed E-state index contributed by atoms with van der Waals surface area (Å²) in [5.74, 6) is 1.74. The van der Waals surface area contributed by atoms with Gasteiger partial charge in [0.15, 0.2) is 11.8 Å². The van der Waals surface area contributed by atoms with Crippen LogP contribution < -0.4 is 4.90 Å². The van der Waals surface area contributed by atoms with Crippen LogP contribution in [0.15, 0.2) is 51.5 Å². The average Bonchev–Trinajstić information content (AvgIpc) is 3.26. The molecule has 2 aromatic heterocycles. The van der Waals surface area contributed by atoms with Gasteiger partial charge in [-0.25, -0.2) is 0 Å². The van der Waals surface area contributed by atoms with Gasteiger partial charge in [-0.15, -0.1) is 10.2 Å². The summed E-state index contributed by atoms with van der Waals surface area (Å²) in [4.78, 5) is 11.4. The Labute approximate surface area is 137 Å².